The van der Waals surface area contributed by atoms with Crippen molar-refractivity contribution in [2.75, 3.05) is 26.2 Å². The number of rotatable bonds is 0. The van der Waals surface area contributed by atoms with Crippen LogP contribution in [0, 0.1) is 5.41 Å². The lowest BCUT2D eigenvalue weighted by Gasteiger charge is -2.27. The lowest BCUT2D eigenvalue weighted by atomic mass is 10.0. The molecule has 0 N–H and O–H groups in total. The molecule has 1 spiro atoms. The molecular weight excluding hydrogens is 666 g/mol. The van der Waals surface area contributed by atoms with E-state index in [9.17, 15) is 14.4 Å². The predicted octanol–water partition coefficient (Wildman–Crippen LogP) is 5.80. The molecule has 0 aromatic rings. The van der Waals surface area contributed by atoms with Crippen molar-refractivity contribution in [3.63, 3.8) is 0 Å². The van der Waals surface area contributed by atoms with E-state index in [4.69, 9.17) is 43.0 Å². The number of carbonyl (C=O) groups is 3. The maximum atomic E-state index is 11.9. The minimum Gasteiger partial charge on any atom is -0.444 e. The van der Waals surface area contributed by atoms with Gasteiger partial charge in [0.2, 0.25) is 0 Å². The second-order valence-electron chi connectivity index (χ2n) is 15.7. The summed E-state index contributed by atoms with van der Waals surface area (Å²) in [4.78, 5) is 89.1. The maximum absolute atomic E-state index is 11.9. The van der Waals surface area contributed by atoms with Crippen LogP contribution in [0.5, 0.6) is 0 Å². The normalized spacial score (nSPS) is 19.5. The van der Waals surface area contributed by atoms with Crippen LogP contribution >= 0.6 is 0 Å². The fraction of sp³-hybridized carbons (Fsp3) is 0.722. The van der Waals surface area contributed by atoms with Crippen LogP contribution < -0.4 is 0 Å². The number of hydrogen-bond acceptors (Lipinski definition) is 12. The molecule has 0 bridgehead atoms. The van der Waals surface area contributed by atoms with E-state index in [0.29, 0.717) is 24.5 Å². The van der Waals surface area contributed by atoms with E-state index in [0.717, 1.165) is 43.5 Å². The van der Waals surface area contributed by atoms with E-state index >= 15 is 0 Å². The first-order valence-corrected chi connectivity index (χ1v) is 16.5. The summed E-state index contributed by atoms with van der Waals surface area (Å²) in [6.07, 6.45) is 5.67. The molecule has 3 aliphatic heterocycles. The zero-order chi connectivity index (χ0) is 40.4. The molecule has 2 unspecified atom stereocenters. The summed E-state index contributed by atoms with van der Waals surface area (Å²) in [5.74, 6) is 0. The summed E-state index contributed by atoms with van der Waals surface area (Å²) < 4.78 is 15.9. The first-order chi connectivity index (χ1) is 23.2. The summed E-state index contributed by atoms with van der Waals surface area (Å²) in [7, 11) is 0. The zero-order valence-electron chi connectivity index (χ0n) is 32.2. The number of likely N-dealkylation sites (tertiary alicyclic amines) is 3. The highest BCUT2D eigenvalue weighted by atomic mass is 16.6. The molecule has 15 heteroatoms. The highest BCUT2D eigenvalue weighted by molar-refractivity contribution is 5.70. The molecular formula is C36H57N3O12. The number of ether oxygens (including phenoxy) is 3. The third-order valence-corrected chi connectivity index (χ3v) is 7.29. The van der Waals surface area contributed by atoms with Crippen molar-refractivity contribution in [2.24, 2.45) is 5.41 Å². The van der Waals surface area contributed by atoms with Gasteiger partial charge in [-0.15, -0.1) is 0 Å². The zero-order valence-corrected chi connectivity index (χ0v) is 32.2. The molecule has 3 saturated heterocycles. The van der Waals surface area contributed by atoms with E-state index in [1.54, 1.807) is 9.80 Å². The smallest absolute Gasteiger partial charge is 0.410 e. The molecule has 4 aliphatic rings. The number of nitrogens with zero attached hydrogens (tertiary/aromatic N) is 3. The van der Waals surface area contributed by atoms with Crippen molar-refractivity contribution in [3.05, 3.63) is 24.3 Å². The van der Waals surface area contributed by atoms with Gasteiger partial charge in [-0.2, -0.15) is 28.8 Å². The molecule has 4 fully saturated rings. The molecule has 4 rings (SSSR count). The highest BCUT2D eigenvalue weighted by Gasteiger charge is 2.52. The Balaban J connectivity index is 0. The fourth-order valence-corrected chi connectivity index (χ4v) is 5.18. The Morgan fingerprint density at radius 3 is 1.33 bits per heavy atom. The second-order valence-corrected chi connectivity index (χ2v) is 15.7. The van der Waals surface area contributed by atoms with Crippen molar-refractivity contribution in [2.45, 2.75) is 137 Å². The van der Waals surface area contributed by atoms with Crippen LogP contribution in [0.3, 0.4) is 0 Å². The average Bonchev–Trinajstić information content (AvgIpc) is 3.21. The van der Waals surface area contributed by atoms with E-state index < -0.39 is 11.2 Å². The third-order valence-electron chi connectivity index (χ3n) is 7.29. The maximum Gasteiger partial charge on any atom is 0.410 e. The van der Waals surface area contributed by atoms with E-state index in [-0.39, 0.29) is 48.4 Å². The van der Waals surface area contributed by atoms with Gasteiger partial charge in [0.05, 0.1) is 0 Å². The summed E-state index contributed by atoms with van der Waals surface area (Å²) in [6.45, 7) is 31.8. The standard InChI is InChI=1S/C12H21NO2.C11H19NO2.C10H17NO2.3CO2/c1-9-7-12(5-6-12)8-13(9)10(14)15-11(2,3)4;1-8-6-9(2)12(7-8)10(13)14-11(3,4)5;1-8-5-6-11(7-8)9(12)13-10(2,3)4;3*2-1-3/h9H,5-8H2,1-4H3;9H,1,6-7H2,2-5H3;1,5-7H2,2-4H3;;;. The van der Waals surface area contributed by atoms with Gasteiger partial charge in [-0.05, 0) is 114 Å². The molecule has 1 aliphatic carbocycles. The Bertz CT molecular complexity index is 1250. The van der Waals surface area contributed by atoms with Crippen molar-refractivity contribution >= 4 is 36.7 Å². The Hall–Kier alpha value is -4.57. The SMILES string of the molecule is C=C1CC(C)N(C(=O)OC(C)(C)C)C1.C=C1CCN(C(=O)OC(C)(C)C)C1.CC1CC2(CC2)CN1C(=O)OC(C)(C)C.O=C=O.O=C=O.O=C=O. The van der Waals surface area contributed by atoms with Gasteiger partial charge < -0.3 is 28.9 Å². The molecule has 2 atom stereocenters. The largest absolute Gasteiger partial charge is 0.444 e. The first-order valence-electron chi connectivity index (χ1n) is 16.5. The van der Waals surface area contributed by atoms with E-state index in [1.807, 2.05) is 74.1 Å². The van der Waals surface area contributed by atoms with E-state index in [2.05, 4.69) is 20.1 Å². The Morgan fingerprint density at radius 1 is 0.647 bits per heavy atom. The third kappa shape index (κ3) is 22.0. The summed E-state index contributed by atoms with van der Waals surface area (Å²) >= 11 is 0. The lowest BCUT2D eigenvalue weighted by Crippen LogP contribution is -2.38. The van der Waals surface area contributed by atoms with Crippen molar-refractivity contribution < 1.29 is 57.4 Å². The van der Waals surface area contributed by atoms with E-state index in [1.165, 1.54) is 12.8 Å². The lowest BCUT2D eigenvalue weighted by molar-refractivity contribution is -0.193. The molecule has 15 nitrogen and oxygen atoms in total. The Labute approximate surface area is 301 Å². The molecule has 0 radical (unpaired) electrons. The highest BCUT2D eigenvalue weighted by Crippen LogP contribution is 2.54. The molecule has 51 heavy (non-hydrogen) atoms. The van der Waals surface area contributed by atoms with Gasteiger partial charge in [-0.3, -0.25) is 0 Å². The molecule has 1 saturated carbocycles. The Kier molecular flexibility index (Phi) is 20.6. The Morgan fingerprint density at radius 2 is 1.04 bits per heavy atom. The van der Waals surface area contributed by atoms with Crippen LogP contribution in [0.15, 0.2) is 24.3 Å². The topological polar surface area (TPSA) is 191 Å². The summed E-state index contributed by atoms with van der Waals surface area (Å²) in [5.41, 5.74) is 1.47. The molecule has 0 aromatic carbocycles. The molecule has 3 amide bonds. The van der Waals surface area contributed by atoms with Crippen LogP contribution in [0.4, 0.5) is 14.4 Å². The van der Waals surface area contributed by atoms with Gasteiger partial charge in [0.25, 0.3) is 0 Å². The van der Waals surface area contributed by atoms with Crippen molar-refractivity contribution in [1.29, 1.82) is 0 Å². The first kappa shape index (κ1) is 48.5. The van der Waals surface area contributed by atoms with Gasteiger partial charge in [-0.1, -0.05) is 24.3 Å². The minimum absolute atomic E-state index is 0.140. The van der Waals surface area contributed by atoms with Gasteiger partial charge in [0.1, 0.15) is 16.8 Å². The monoisotopic (exact) mass is 723 g/mol. The van der Waals surface area contributed by atoms with Crippen molar-refractivity contribution in [1.82, 2.24) is 14.7 Å². The molecule has 288 valence electrons. The average molecular weight is 724 g/mol. The summed E-state index contributed by atoms with van der Waals surface area (Å²) in [5, 5.41) is 0. The van der Waals surface area contributed by atoms with Gasteiger partial charge in [0.15, 0.2) is 0 Å². The van der Waals surface area contributed by atoms with Gasteiger partial charge >= 0.3 is 36.7 Å². The minimum atomic E-state index is -0.416. The summed E-state index contributed by atoms with van der Waals surface area (Å²) in [6, 6.07) is 0.569. The van der Waals surface area contributed by atoms with Gasteiger partial charge in [0, 0.05) is 38.3 Å². The number of amides is 3. The number of hydrogen-bond donors (Lipinski definition) is 0. The number of carbonyl (C=O) groups excluding carboxylic acids is 9. The molecule has 3 heterocycles. The van der Waals surface area contributed by atoms with Crippen LogP contribution in [-0.4, -0.2) is 106 Å². The van der Waals surface area contributed by atoms with Crippen LogP contribution in [0.1, 0.15) is 108 Å². The molecule has 0 aromatic heterocycles. The van der Waals surface area contributed by atoms with Crippen LogP contribution in [-0.2, 0) is 43.0 Å². The second kappa shape index (κ2) is 21.6. The quantitative estimate of drug-likeness (QED) is 0.216. The van der Waals surface area contributed by atoms with Crippen LogP contribution in [0.25, 0.3) is 0 Å². The fourth-order valence-electron chi connectivity index (χ4n) is 5.18. The van der Waals surface area contributed by atoms with Crippen molar-refractivity contribution in [3.8, 4) is 0 Å². The predicted molar refractivity (Wildman–Crippen MR) is 181 cm³/mol. The van der Waals surface area contributed by atoms with Crippen LogP contribution in [0.2, 0.25) is 0 Å². The van der Waals surface area contributed by atoms with Gasteiger partial charge in [-0.25, -0.2) is 14.4 Å².